The van der Waals surface area contributed by atoms with Gasteiger partial charge >= 0.3 is 11.9 Å². The van der Waals surface area contributed by atoms with Crippen LogP contribution in [-0.4, -0.2) is 36.2 Å². The topological polar surface area (TPSA) is 129 Å². The summed E-state index contributed by atoms with van der Waals surface area (Å²) in [4.78, 5) is 25.7. The van der Waals surface area contributed by atoms with Crippen LogP contribution < -0.4 is 16.1 Å². The smallest absolute Gasteiger partial charge is 0.336 e. The maximum Gasteiger partial charge on any atom is 0.336 e. The molecule has 5 rings (SSSR count). The van der Waals surface area contributed by atoms with E-state index in [9.17, 15) is 19.8 Å². The Morgan fingerprint density at radius 1 is 0.857 bits per heavy atom. The van der Waals surface area contributed by atoms with Crippen molar-refractivity contribution in [1.82, 2.24) is 0 Å². The zero-order chi connectivity index (χ0) is 24.9. The van der Waals surface area contributed by atoms with Gasteiger partial charge < -0.3 is 25.4 Å². The zero-order valence-electron chi connectivity index (χ0n) is 18.9. The van der Waals surface area contributed by atoms with Crippen LogP contribution in [0.2, 0.25) is 0 Å². The number of hydrogen-bond acceptors (Lipinski definition) is 6. The third-order valence-electron chi connectivity index (χ3n) is 6.10. The number of benzene rings is 4. The molecule has 35 heavy (non-hydrogen) atoms. The molecule has 4 aromatic carbocycles. The molecule has 174 valence electrons. The van der Waals surface area contributed by atoms with Crippen LogP contribution in [0.3, 0.4) is 0 Å². The third kappa shape index (κ3) is 3.61. The van der Waals surface area contributed by atoms with Gasteiger partial charge in [0.05, 0.1) is 16.5 Å². The van der Waals surface area contributed by atoms with Crippen LogP contribution in [0.1, 0.15) is 20.7 Å². The minimum absolute atomic E-state index is 0.0983. The molecule has 4 N–H and O–H groups in total. The lowest BCUT2D eigenvalue weighted by atomic mass is 9.91. The van der Waals surface area contributed by atoms with Crippen molar-refractivity contribution >= 4 is 50.3 Å². The van der Waals surface area contributed by atoms with Crippen LogP contribution >= 0.6 is 0 Å². The summed E-state index contributed by atoms with van der Waals surface area (Å²) in [5.41, 5.74) is 2.90. The SMILES string of the molecule is CN(C)c1ccc2c(-c3ccc(C(=O)O)cc3C(=O)O)c3ccc4c/c(=N\N)ccc4c3oc2c1. The molecule has 0 atom stereocenters. The molecule has 0 radical (unpaired) electrons. The second-order valence-electron chi connectivity index (χ2n) is 8.40. The molecule has 1 heterocycles. The van der Waals surface area contributed by atoms with E-state index in [1.807, 2.05) is 61.5 Å². The summed E-state index contributed by atoms with van der Waals surface area (Å²) in [5.74, 6) is 3.04. The molecule has 8 heteroatoms. The molecule has 0 saturated carbocycles. The molecule has 8 nitrogen and oxygen atoms in total. The first kappa shape index (κ1) is 22.0. The maximum absolute atomic E-state index is 12.2. The Hall–Kier alpha value is -4.85. The van der Waals surface area contributed by atoms with Gasteiger partial charge in [0.25, 0.3) is 0 Å². The lowest BCUT2D eigenvalue weighted by Gasteiger charge is -2.17. The molecule has 0 aliphatic carbocycles. The Balaban J connectivity index is 1.98. The molecule has 0 fully saturated rings. The zero-order valence-corrected chi connectivity index (χ0v) is 18.9. The number of anilines is 1. The number of nitrogens with two attached hydrogens (primary N) is 1. The fraction of sp³-hybridized carbons (Fsp3) is 0.0741. The van der Waals surface area contributed by atoms with Crippen molar-refractivity contribution in [2.45, 2.75) is 0 Å². The molecule has 1 aromatic heterocycles. The van der Waals surface area contributed by atoms with Gasteiger partial charge in [0.2, 0.25) is 0 Å². The van der Waals surface area contributed by atoms with E-state index in [1.165, 1.54) is 12.1 Å². The third-order valence-corrected chi connectivity index (χ3v) is 6.10. The molecule has 0 aliphatic heterocycles. The molecule has 0 unspecified atom stereocenters. The first-order valence-corrected chi connectivity index (χ1v) is 10.7. The number of nitrogens with zero attached hydrogens (tertiary/aromatic N) is 2. The Labute approximate surface area is 199 Å². The number of carbonyl (C=O) groups is 2. The van der Waals surface area contributed by atoms with Gasteiger partial charge in [-0.05, 0) is 59.5 Å². The summed E-state index contributed by atoms with van der Waals surface area (Å²) in [6, 6.07) is 19.1. The Bertz CT molecular complexity index is 1750. The molecule has 0 amide bonds. The van der Waals surface area contributed by atoms with Gasteiger partial charge in [-0.15, -0.1) is 0 Å². The van der Waals surface area contributed by atoms with Gasteiger partial charge in [-0.25, -0.2) is 9.59 Å². The summed E-state index contributed by atoms with van der Waals surface area (Å²) >= 11 is 0. The van der Waals surface area contributed by atoms with Crippen LogP contribution in [0.25, 0.3) is 43.8 Å². The van der Waals surface area contributed by atoms with Crippen molar-refractivity contribution < 1.29 is 24.2 Å². The minimum Gasteiger partial charge on any atom is -0.478 e. The molecule has 0 bridgehead atoms. The lowest BCUT2D eigenvalue weighted by Crippen LogP contribution is -2.08. The van der Waals surface area contributed by atoms with Gasteiger partial charge in [-0.2, -0.15) is 5.10 Å². The van der Waals surface area contributed by atoms with E-state index < -0.39 is 11.9 Å². The van der Waals surface area contributed by atoms with Gasteiger partial charge in [0.15, 0.2) is 0 Å². The molecular formula is C27H21N3O5. The summed E-state index contributed by atoms with van der Waals surface area (Å²) < 4.78 is 6.42. The second-order valence-corrected chi connectivity index (χ2v) is 8.40. The number of rotatable bonds is 4. The molecule has 0 aliphatic rings. The van der Waals surface area contributed by atoms with Crippen molar-refractivity contribution in [3.8, 4) is 11.1 Å². The predicted octanol–water partition coefficient (Wildman–Crippen LogP) is 4.64. The van der Waals surface area contributed by atoms with Crippen molar-refractivity contribution in [1.29, 1.82) is 0 Å². The number of carboxylic acid groups (broad SMARTS) is 2. The van der Waals surface area contributed by atoms with Crippen molar-refractivity contribution in [3.63, 3.8) is 0 Å². The summed E-state index contributed by atoms with van der Waals surface area (Å²) in [7, 11) is 3.84. The Morgan fingerprint density at radius 2 is 1.60 bits per heavy atom. The van der Waals surface area contributed by atoms with Crippen molar-refractivity contribution in [2.24, 2.45) is 10.9 Å². The monoisotopic (exact) mass is 467 g/mol. The molecule has 0 spiro atoms. The number of fused-ring (bicyclic) bond motifs is 4. The van der Waals surface area contributed by atoms with E-state index in [1.54, 1.807) is 12.1 Å². The maximum atomic E-state index is 12.2. The van der Waals surface area contributed by atoms with E-state index in [2.05, 4.69) is 5.10 Å². The van der Waals surface area contributed by atoms with E-state index in [0.717, 1.165) is 16.5 Å². The van der Waals surface area contributed by atoms with E-state index in [0.29, 0.717) is 38.4 Å². The van der Waals surface area contributed by atoms with E-state index in [-0.39, 0.29) is 11.1 Å². The highest BCUT2D eigenvalue weighted by Crippen LogP contribution is 2.41. The second kappa shape index (κ2) is 8.18. The fourth-order valence-corrected chi connectivity index (χ4v) is 4.37. The van der Waals surface area contributed by atoms with Gasteiger partial charge in [-0.1, -0.05) is 12.1 Å². The number of carboxylic acids is 2. The van der Waals surface area contributed by atoms with Gasteiger partial charge in [0, 0.05) is 47.6 Å². The van der Waals surface area contributed by atoms with Crippen LogP contribution in [0.15, 0.2) is 76.2 Å². The fourth-order valence-electron chi connectivity index (χ4n) is 4.37. The summed E-state index contributed by atoms with van der Waals surface area (Å²) in [5, 5.41) is 26.8. The molecule has 5 aromatic rings. The van der Waals surface area contributed by atoms with Crippen LogP contribution in [-0.2, 0) is 0 Å². The van der Waals surface area contributed by atoms with Crippen molar-refractivity contribution in [3.05, 3.63) is 83.2 Å². The predicted molar refractivity (Wildman–Crippen MR) is 135 cm³/mol. The Morgan fingerprint density at radius 3 is 2.29 bits per heavy atom. The number of hydrogen-bond donors (Lipinski definition) is 3. The normalized spacial score (nSPS) is 11.9. The summed E-state index contributed by atoms with van der Waals surface area (Å²) in [6.07, 6.45) is 0. The summed E-state index contributed by atoms with van der Waals surface area (Å²) in [6.45, 7) is 0. The molecule has 0 saturated heterocycles. The first-order valence-electron chi connectivity index (χ1n) is 10.7. The average molecular weight is 467 g/mol. The molecular weight excluding hydrogens is 446 g/mol. The highest BCUT2D eigenvalue weighted by Gasteiger charge is 2.21. The van der Waals surface area contributed by atoms with E-state index >= 15 is 0 Å². The van der Waals surface area contributed by atoms with Crippen LogP contribution in [0, 0.1) is 0 Å². The number of aromatic carboxylic acids is 2. The highest BCUT2D eigenvalue weighted by atomic mass is 16.4. The van der Waals surface area contributed by atoms with Crippen LogP contribution in [0.5, 0.6) is 0 Å². The minimum atomic E-state index is -1.22. The lowest BCUT2D eigenvalue weighted by molar-refractivity contribution is 0.0696. The van der Waals surface area contributed by atoms with E-state index in [4.69, 9.17) is 10.3 Å². The first-order chi connectivity index (χ1) is 16.8. The quantitative estimate of drug-likeness (QED) is 0.152. The Kier molecular flexibility index (Phi) is 5.13. The largest absolute Gasteiger partial charge is 0.478 e. The van der Waals surface area contributed by atoms with Gasteiger partial charge in [-0.3, -0.25) is 0 Å². The van der Waals surface area contributed by atoms with Gasteiger partial charge in [0.1, 0.15) is 11.2 Å². The standard InChI is InChI=1S/C27H21N3O5/c1-30(2)17-6-10-20-23(13-17)35-25-18-9-5-16(29-28)11-14(18)3-8-21(25)24(20)19-7-4-15(26(31)32)12-22(19)27(33)34/h3-13H,28H2,1-2H3,(H,31,32)(H,33,34)/b29-16-. The average Bonchev–Trinajstić information content (AvgIpc) is 2.85. The van der Waals surface area contributed by atoms with Crippen molar-refractivity contribution in [2.75, 3.05) is 19.0 Å². The highest BCUT2D eigenvalue weighted by molar-refractivity contribution is 6.17. The van der Waals surface area contributed by atoms with Crippen LogP contribution in [0.4, 0.5) is 5.69 Å².